The molecule has 0 aliphatic carbocycles. The van der Waals surface area contributed by atoms with Crippen LogP contribution in [0, 0.1) is 5.92 Å². The first-order valence-corrected chi connectivity index (χ1v) is 9.63. The lowest BCUT2D eigenvalue weighted by Gasteiger charge is -2.31. The van der Waals surface area contributed by atoms with Crippen molar-refractivity contribution in [1.82, 2.24) is 4.90 Å². The van der Waals surface area contributed by atoms with E-state index in [0.29, 0.717) is 38.2 Å². The van der Waals surface area contributed by atoms with E-state index in [0.717, 1.165) is 17.7 Å². The van der Waals surface area contributed by atoms with Crippen molar-refractivity contribution < 1.29 is 27.5 Å². The molecule has 3 rings (SSSR count). The summed E-state index contributed by atoms with van der Waals surface area (Å²) in [6.07, 6.45) is -3.44. The molecule has 160 valence electrons. The molecule has 1 saturated heterocycles. The number of alkyl halides is 3. The van der Waals surface area contributed by atoms with Crippen molar-refractivity contribution in [2.24, 2.45) is 5.92 Å². The molecule has 30 heavy (non-hydrogen) atoms. The Labute approximate surface area is 172 Å². The number of anilines is 1. The third-order valence-electron chi connectivity index (χ3n) is 5.12. The number of methoxy groups -OCH3 is 1. The summed E-state index contributed by atoms with van der Waals surface area (Å²) in [6.45, 7) is 1.21. The molecule has 0 radical (unpaired) electrons. The van der Waals surface area contributed by atoms with Crippen LogP contribution in [-0.4, -0.2) is 36.9 Å². The van der Waals surface area contributed by atoms with Crippen molar-refractivity contribution in [1.29, 1.82) is 0 Å². The molecule has 1 fully saturated rings. The van der Waals surface area contributed by atoms with E-state index in [9.17, 15) is 22.8 Å². The molecule has 0 saturated carbocycles. The summed E-state index contributed by atoms with van der Waals surface area (Å²) in [5, 5.41) is 2.90. The molecule has 1 aliphatic heterocycles. The Kier molecular flexibility index (Phi) is 6.77. The number of nitrogens with zero attached hydrogens (tertiary/aromatic N) is 1. The second-order valence-electron chi connectivity index (χ2n) is 7.26. The van der Waals surface area contributed by atoms with Crippen molar-refractivity contribution in [2.45, 2.75) is 25.6 Å². The van der Waals surface area contributed by atoms with E-state index in [1.165, 1.54) is 12.1 Å². The Morgan fingerprint density at radius 1 is 1.10 bits per heavy atom. The standard InChI is InChI=1S/C22H23F3N2O3/c1-30-14-15-3-2-4-19(13-15)26-20(28)16-9-11-27(12-10-16)21(29)17-5-7-18(8-6-17)22(23,24)25/h2-8,13,16H,9-12,14H2,1H3,(H,26,28). The van der Waals surface area contributed by atoms with E-state index in [1.54, 1.807) is 18.1 Å². The number of ether oxygens (including phenoxy) is 1. The van der Waals surface area contributed by atoms with Crippen LogP contribution in [-0.2, 0) is 22.3 Å². The Morgan fingerprint density at radius 2 is 1.77 bits per heavy atom. The molecule has 0 atom stereocenters. The van der Waals surface area contributed by atoms with E-state index in [-0.39, 0.29) is 23.3 Å². The van der Waals surface area contributed by atoms with Gasteiger partial charge in [-0.3, -0.25) is 9.59 Å². The zero-order chi connectivity index (χ0) is 21.7. The first-order chi connectivity index (χ1) is 14.3. The fourth-order valence-electron chi connectivity index (χ4n) is 3.48. The summed E-state index contributed by atoms with van der Waals surface area (Å²) in [4.78, 5) is 26.7. The van der Waals surface area contributed by atoms with Gasteiger partial charge < -0.3 is 15.0 Å². The van der Waals surface area contributed by atoms with Crippen LogP contribution in [0.25, 0.3) is 0 Å². The molecule has 2 aromatic rings. The number of carbonyl (C=O) groups is 2. The van der Waals surface area contributed by atoms with Crippen molar-refractivity contribution in [2.75, 3.05) is 25.5 Å². The van der Waals surface area contributed by atoms with Crippen molar-refractivity contribution in [3.63, 3.8) is 0 Å². The average molecular weight is 420 g/mol. The largest absolute Gasteiger partial charge is 0.416 e. The van der Waals surface area contributed by atoms with Gasteiger partial charge in [-0.1, -0.05) is 12.1 Å². The molecule has 0 spiro atoms. The van der Waals surface area contributed by atoms with Gasteiger partial charge in [0, 0.05) is 37.4 Å². The number of likely N-dealkylation sites (tertiary alicyclic amines) is 1. The minimum absolute atomic E-state index is 0.105. The molecule has 5 nitrogen and oxygen atoms in total. The zero-order valence-corrected chi connectivity index (χ0v) is 16.5. The predicted molar refractivity (Wildman–Crippen MR) is 106 cm³/mol. The highest BCUT2D eigenvalue weighted by Crippen LogP contribution is 2.29. The van der Waals surface area contributed by atoms with E-state index < -0.39 is 11.7 Å². The first kappa shape index (κ1) is 21.8. The molecule has 0 bridgehead atoms. The van der Waals surface area contributed by atoms with Gasteiger partial charge >= 0.3 is 6.18 Å². The van der Waals surface area contributed by atoms with E-state index in [2.05, 4.69) is 5.32 Å². The third-order valence-corrected chi connectivity index (χ3v) is 5.12. The van der Waals surface area contributed by atoms with Gasteiger partial charge in [-0.05, 0) is 54.8 Å². The normalized spacial score (nSPS) is 15.1. The average Bonchev–Trinajstić information content (AvgIpc) is 2.73. The quantitative estimate of drug-likeness (QED) is 0.783. The fourth-order valence-corrected chi connectivity index (χ4v) is 3.48. The van der Waals surface area contributed by atoms with E-state index in [4.69, 9.17) is 4.74 Å². The van der Waals surface area contributed by atoms with Crippen LogP contribution in [0.4, 0.5) is 18.9 Å². The lowest BCUT2D eigenvalue weighted by atomic mass is 9.95. The number of nitrogens with one attached hydrogen (secondary N) is 1. The highest BCUT2D eigenvalue weighted by atomic mass is 19.4. The maximum atomic E-state index is 12.7. The minimum Gasteiger partial charge on any atom is -0.380 e. The molecule has 1 N–H and O–H groups in total. The molecule has 1 heterocycles. The van der Waals surface area contributed by atoms with Gasteiger partial charge in [0.15, 0.2) is 0 Å². The minimum atomic E-state index is -4.43. The number of benzene rings is 2. The number of rotatable bonds is 5. The molecule has 8 heteroatoms. The maximum Gasteiger partial charge on any atom is 0.416 e. The van der Waals surface area contributed by atoms with Crippen LogP contribution in [0.3, 0.4) is 0 Å². The van der Waals surface area contributed by atoms with Crippen molar-refractivity contribution >= 4 is 17.5 Å². The Bertz CT molecular complexity index is 889. The predicted octanol–water partition coefficient (Wildman–Crippen LogP) is 4.34. The lowest BCUT2D eigenvalue weighted by molar-refractivity contribution is -0.137. The second-order valence-corrected chi connectivity index (χ2v) is 7.26. The van der Waals surface area contributed by atoms with E-state index in [1.807, 2.05) is 18.2 Å². The Hall–Kier alpha value is -2.87. The number of hydrogen-bond donors (Lipinski definition) is 1. The fraction of sp³-hybridized carbons (Fsp3) is 0.364. The van der Waals surface area contributed by atoms with Crippen LogP contribution in [0.2, 0.25) is 0 Å². The summed E-state index contributed by atoms with van der Waals surface area (Å²) in [6, 6.07) is 11.6. The van der Waals surface area contributed by atoms with E-state index >= 15 is 0 Å². The first-order valence-electron chi connectivity index (χ1n) is 9.63. The van der Waals surface area contributed by atoms with Crippen molar-refractivity contribution in [3.8, 4) is 0 Å². The molecule has 2 aromatic carbocycles. The van der Waals surface area contributed by atoms with Crippen LogP contribution in [0.15, 0.2) is 48.5 Å². The summed E-state index contributed by atoms with van der Waals surface area (Å²) >= 11 is 0. The molecular formula is C22H23F3N2O3. The number of halogens is 3. The van der Waals surface area contributed by atoms with Gasteiger partial charge in [-0.25, -0.2) is 0 Å². The molecule has 2 amide bonds. The topological polar surface area (TPSA) is 58.6 Å². The highest BCUT2D eigenvalue weighted by molar-refractivity contribution is 5.95. The summed E-state index contributed by atoms with van der Waals surface area (Å²) in [7, 11) is 1.60. The number of carbonyl (C=O) groups excluding carboxylic acids is 2. The number of hydrogen-bond acceptors (Lipinski definition) is 3. The molecular weight excluding hydrogens is 397 g/mol. The van der Waals surface area contributed by atoms with Gasteiger partial charge in [-0.2, -0.15) is 13.2 Å². The zero-order valence-electron chi connectivity index (χ0n) is 16.5. The third kappa shape index (κ3) is 5.38. The van der Waals surface area contributed by atoms with Crippen LogP contribution in [0.5, 0.6) is 0 Å². The van der Waals surface area contributed by atoms with Gasteiger partial charge in [0.2, 0.25) is 5.91 Å². The van der Waals surface area contributed by atoms with Gasteiger partial charge in [0.05, 0.1) is 12.2 Å². The Morgan fingerprint density at radius 3 is 2.37 bits per heavy atom. The molecule has 0 aromatic heterocycles. The maximum absolute atomic E-state index is 12.7. The lowest BCUT2D eigenvalue weighted by Crippen LogP contribution is -2.41. The van der Waals surface area contributed by atoms with Crippen LogP contribution < -0.4 is 5.32 Å². The molecule has 1 aliphatic rings. The number of amides is 2. The summed E-state index contributed by atoms with van der Waals surface area (Å²) in [5.74, 6) is -0.659. The molecule has 0 unspecified atom stereocenters. The van der Waals surface area contributed by atoms with Crippen LogP contribution >= 0.6 is 0 Å². The SMILES string of the molecule is COCc1cccc(NC(=O)C2CCN(C(=O)c3ccc(C(F)(F)F)cc3)CC2)c1. The van der Waals surface area contributed by atoms with Gasteiger partial charge in [-0.15, -0.1) is 0 Å². The number of piperidine rings is 1. The van der Waals surface area contributed by atoms with Gasteiger partial charge in [0.25, 0.3) is 5.91 Å². The van der Waals surface area contributed by atoms with Gasteiger partial charge in [0.1, 0.15) is 0 Å². The second kappa shape index (κ2) is 9.30. The monoisotopic (exact) mass is 420 g/mol. The smallest absolute Gasteiger partial charge is 0.380 e. The van der Waals surface area contributed by atoms with Crippen molar-refractivity contribution in [3.05, 3.63) is 65.2 Å². The van der Waals surface area contributed by atoms with Crippen LogP contribution in [0.1, 0.15) is 34.3 Å². The summed E-state index contributed by atoms with van der Waals surface area (Å²) < 4.78 is 43.1. The Balaban J connectivity index is 1.54. The highest BCUT2D eigenvalue weighted by Gasteiger charge is 2.31. The summed E-state index contributed by atoms with van der Waals surface area (Å²) in [5.41, 5.74) is 1.06.